The molecule has 3 rings (SSSR count). The van der Waals surface area contributed by atoms with Gasteiger partial charge in [-0.1, -0.05) is 12.1 Å². The van der Waals surface area contributed by atoms with Gasteiger partial charge in [0.25, 0.3) is 0 Å². The lowest BCUT2D eigenvalue weighted by molar-refractivity contribution is 0.187. The van der Waals surface area contributed by atoms with E-state index in [9.17, 15) is 5.11 Å². The lowest BCUT2D eigenvalue weighted by Crippen LogP contribution is -2.09. The smallest absolute Gasteiger partial charge is 0.160 e. The van der Waals surface area contributed by atoms with E-state index in [2.05, 4.69) is 14.5 Å². The molecule has 0 fully saturated rings. The molecular weight excluding hydrogens is 266 g/mol. The first-order valence-corrected chi connectivity index (χ1v) is 6.85. The average molecular weight is 283 g/mol. The van der Waals surface area contributed by atoms with Crippen molar-refractivity contribution in [3.05, 3.63) is 54.0 Å². The predicted octanol–water partition coefficient (Wildman–Crippen LogP) is 2.37. The molecule has 3 aromatic rings. The summed E-state index contributed by atoms with van der Waals surface area (Å²) in [5.74, 6) is 1.19. The van der Waals surface area contributed by atoms with Gasteiger partial charge in [0.05, 0.1) is 6.61 Å². The van der Waals surface area contributed by atoms with Crippen molar-refractivity contribution >= 4 is 11.2 Å². The molecule has 0 unspecified atom stereocenters. The number of pyridine rings is 1. The van der Waals surface area contributed by atoms with E-state index < -0.39 is 0 Å². The van der Waals surface area contributed by atoms with E-state index in [0.717, 1.165) is 22.6 Å². The van der Waals surface area contributed by atoms with Crippen molar-refractivity contribution < 1.29 is 9.84 Å². The van der Waals surface area contributed by atoms with Gasteiger partial charge in [0.15, 0.2) is 5.65 Å². The summed E-state index contributed by atoms with van der Waals surface area (Å²) in [6.45, 7) is 1.31. The number of aromatic nitrogens is 3. The highest BCUT2D eigenvalue weighted by Crippen LogP contribution is 2.18. The van der Waals surface area contributed by atoms with Crippen molar-refractivity contribution in [2.24, 2.45) is 0 Å². The molecule has 0 amide bonds. The summed E-state index contributed by atoms with van der Waals surface area (Å²) in [6, 6.07) is 11.1. The second-order valence-corrected chi connectivity index (χ2v) is 4.87. The summed E-state index contributed by atoms with van der Waals surface area (Å²) >= 11 is 0. The lowest BCUT2D eigenvalue weighted by atomic mass is 10.1. The second kappa shape index (κ2) is 5.93. The van der Waals surface area contributed by atoms with Crippen LogP contribution in [0.3, 0.4) is 0 Å². The van der Waals surface area contributed by atoms with Crippen LogP contribution in [0.15, 0.2) is 42.6 Å². The Kier molecular flexibility index (Phi) is 3.83. The molecule has 0 atom stereocenters. The average Bonchev–Trinajstić information content (AvgIpc) is 2.82. The van der Waals surface area contributed by atoms with Gasteiger partial charge in [-0.2, -0.15) is 0 Å². The van der Waals surface area contributed by atoms with Gasteiger partial charge in [0.2, 0.25) is 0 Å². The van der Waals surface area contributed by atoms with E-state index in [0.29, 0.717) is 19.6 Å². The minimum Gasteiger partial charge on any atom is -0.508 e. The Hall–Kier alpha value is -2.40. The Morgan fingerprint density at radius 2 is 2.14 bits per heavy atom. The minimum atomic E-state index is 0.269. The summed E-state index contributed by atoms with van der Waals surface area (Å²) in [5, 5.41) is 9.58. The number of benzene rings is 1. The van der Waals surface area contributed by atoms with Crippen molar-refractivity contribution in [3.8, 4) is 5.75 Å². The molecule has 0 aliphatic carbocycles. The quantitative estimate of drug-likeness (QED) is 0.781. The number of hydrogen-bond acceptors (Lipinski definition) is 4. The van der Waals surface area contributed by atoms with Crippen LogP contribution in [0.4, 0.5) is 0 Å². The molecular formula is C16H17N3O2. The minimum absolute atomic E-state index is 0.269. The van der Waals surface area contributed by atoms with Crippen LogP contribution < -0.4 is 0 Å². The number of ether oxygens (including phenoxy) is 1. The van der Waals surface area contributed by atoms with E-state index in [1.807, 2.05) is 24.3 Å². The molecule has 0 aliphatic rings. The fourth-order valence-electron chi connectivity index (χ4n) is 2.41. The van der Waals surface area contributed by atoms with Crippen molar-refractivity contribution in [1.29, 1.82) is 0 Å². The van der Waals surface area contributed by atoms with E-state index >= 15 is 0 Å². The standard InChI is InChI=1S/C16H17N3O2/c1-21-9-8-19-15(11-12-4-2-5-13(20)10-12)18-14-6-3-7-17-16(14)19/h2-7,10,20H,8-9,11H2,1H3. The van der Waals surface area contributed by atoms with Crippen LogP contribution in [0.25, 0.3) is 11.2 Å². The molecule has 0 spiro atoms. The Labute approximate surface area is 122 Å². The molecule has 5 heteroatoms. The third-order valence-corrected chi connectivity index (χ3v) is 3.37. The van der Waals surface area contributed by atoms with E-state index in [4.69, 9.17) is 4.74 Å². The summed E-state index contributed by atoms with van der Waals surface area (Å²) in [7, 11) is 1.68. The highest BCUT2D eigenvalue weighted by molar-refractivity contribution is 5.71. The maximum Gasteiger partial charge on any atom is 0.160 e. The van der Waals surface area contributed by atoms with E-state index in [-0.39, 0.29) is 5.75 Å². The van der Waals surface area contributed by atoms with Gasteiger partial charge in [-0.25, -0.2) is 9.97 Å². The number of phenolic OH excluding ortho intramolecular Hbond substituents is 1. The Bertz CT molecular complexity index is 752. The number of imidazole rings is 1. The van der Waals surface area contributed by atoms with Gasteiger partial charge >= 0.3 is 0 Å². The largest absolute Gasteiger partial charge is 0.508 e. The molecule has 0 aliphatic heterocycles. The fraction of sp³-hybridized carbons (Fsp3) is 0.250. The summed E-state index contributed by atoms with van der Waals surface area (Å²) in [6.07, 6.45) is 2.42. The summed E-state index contributed by atoms with van der Waals surface area (Å²) in [4.78, 5) is 9.06. The number of methoxy groups -OCH3 is 1. The Balaban J connectivity index is 2.00. The number of rotatable bonds is 5. The highest BCUT2D eigenvalue weighted by atomic mass is 16.5. The van der Waals surface area contributed by atoms with Gasteiger partial charge in [-0.05, 0) is 29.8 Å². The highest BCUT2D eigenvalue weighted by Gasteiger charge is 2.12. The number of aromatic hydroxyl groups is 1. The molecule has 1 N–H and O–H groups in total. The first-order valence-electron chi connectivity index (χ1n) is 6.85. The van der Waals surface area contributed by atoms with E-state index in [1.165, 1.54) is 0 Å². The predicted molar refractivity (Wildman–Crippen MR) is 80.3 cm³/mol. The van der Waals surface area contributed by atoms with Crippen molar-refractivity contribution in [1.82, 2.24) is 14.5 Å². The van der Waals surface area contributed by atoms with Crippen LogP contribution in [0, 0.1) is 0 Å². The Morgan fingerprint density at radius 3 is 2.95 bits per heavy atom. The molecule has 0 radical (unpaired) electrons. The first-order chi connectivity index (χ1) is 10.3. The van der Waals surface area contributed by atoms with Gasteiger partial charge < -0.3 is 14.4 Å². The van der Waals surface area contributed by atoms with Crippen LogP contribution in [0.5, 0.6) is 5.75 Å². The number of hydrogen-bond donors (Lipinski definition) is 1. The molecule has 108 valence electrons. The van der Waals surface area contributed by atoms with Crippen molar-refractivity contribution in [3.63, 3.8) is 0 Å². The molecule has 2 aromatic heterocycles. The van der Waals surface area contributed by atoms with Crippen LogP contribution in [-0.4, -0.2) is 33.4 Å². The maximum atomic E-state index is 9.58. The van der Waals surface area contributed by atoms with Crippen molar-refractivity contribution in [2.45, 2.75) is 13.0 Å². The first kappa shape index (κ1) is 13.6. The zero-order valence-electron chi connectivity index (χ0n) is 11.9. The number of nitrogens with zero attached hydrogens (tertiary/aromatic N) is 3. The zero-order valence-corrected chi connectivity index (χ0v) is 11.9. The van der Waals surface area contributed by atoms with Gasteiger partial charge in [0, 0.05) is 26.3 Å². The maximum absolute atomic E-state index is 9.58. The van der Waals surface area contributed by atoms with Gasteiger partial charge in [0.1, 0.15) is 17.1 Å². The van der Waals surface area contributed by atoms with Crippen LogP contribution in [-0.2, 0) is 17.7 Å². The molecule has 21 heavy (non-hydrogen) atoms. The van der Waals surface area contributed by atoms with Gasteiger partial charge in [-0.3, -0.25) is 0 Å². The molecule has 1 aromatic carbocycles. The molecule has 2 heterocycles. The summed E-state index contributed by atoms with van der Waals surface area (Å²) < 4.78 is 7.24. The topological polar surface area (TPSA) is 60.2 Å². The molecule has 0 saturated heterocycles. The van der Waals surface area contributed by atoms with Gasteiger partial charge in [-0.15, -0.1) is 0 Å². The van der Waals surface area contributed by atoms with Crippen LogP contribution in [0.2, 0.25) is 0 Å². The van der Waals surface area contributed by atoms with Crippen LogP contribution in [0.1, 0.15) is 11.4 Å². The SMILES string of the molecule is COCCn1c(Cc2cccc(O)c2)nc2cccnc21. The number of fused-ring (bicyclic) bond motifs is 1. The third kappa shape index (κ3) is 2.87. The Morgan fingerprint density at radius 1 is 1.24 bits per heavy atom. The summed E-state index contributed by atoms with van der Waals surface area (Å²) in [5.41, 5.74) is 2.76. The van der Waals surface area contributed by atoms with E-state index in [1.54, 1.807) is 25.4 Å². The number of phenols is 1. The molecule has 5 nitrogen and oxygen atoms in total. The molecule has 0 bridgehead atoms. The second-order valence-electron chi connectivity index (χ2n) is 4.87. The fourth-order valence-corrected chi connectivity index (χ4v) is 2.41. The lowest BCUT2D eigenvalue weighted by Gasteiger charge is -2.08. The third-order valence-electron chi connectivity index (χ3n) is 3.37. The zero-order chi connectivity index (χ0) is 14.7. The van der Waals surface area contributed by atoms with Crippen LogP contribution >= 0.6 is 0 Å². The van der Waals surface area contributed by atoms with Crippen molar-refractivity contribution in [2.75, 3.05) is 13.7 Å². The molecule has 0 saturated carbocycles. The monoisotopic (exact) mass is 283 g/mol. The normalized spacial score (nSPS) is 11.1.